The number of hydrogen-bond acceptors (Lipinski definition) is 14. The summed E-state index contributed by atoms with van der Waals surface area (Å²) >= 11 is 6.77. The summed E-state index contributed by atoms with van der Waals surface area (Å²) in [7, 11) is 0. The van der Waals surface area contributed by atoms with Crippen molar-refractivity contribution < 1.29 is 42.5 Å². The monoisotopic (exact) mass is 1100 g/mol. The van der Waals surface area contributed by atoms with Gasteiger partial charge in [0, 0.05) is 106 Å². The van der Waals surface area contributed by atoms with Crippen molar-refractivity contribution in [1.29, 1.82) is 0 Å². The van der Waals surface area contributed by atoms with E-state index in [9.17, 15) is 37.8 Å². The highest BCUT2D eigenvalue weighted by atomic mass is 35.5. The van der Waals surface area contributed by atoms with Crippen LogP contribution in [-0.2, 0) is 29.1 Å². The first-order valence-corrected chi connectivity index (χ1v) is 27.2. The van der Waals surface area contributed by atoms with E-state index < -0.39 is 24.5 Å². The van der Waals surface area contributed by atoms with Gasteiger partial charge in [0.1, 0.15) is 30.5 Å². The van der Waals surface area contributed by atoms with E-state index in [4.69, 9.17) is 26.3 Å². The second-order valence-electron chi connectivity index (χ2n) is 20.9. The van der Waals surface area contributed by atoms with E-state index in [-0.39, 0.29) is 46.5 Å². The summed E-state index contributed by atoms with van der Waals surface area (Å²) in [6.45, 7) is 15.1. The van der Waals surface area contributed by atoms with E-state index >= 15 is 0 Å². The zero-order chi connectivity index (χ0) is 55.5. The molecule has 4 aromatic carbocycles. The Morgan fingerprint density at radius 3 is 2.24 bits per heavy atom. The Balaban J connectivity index is 0.731. The summed E-state index contributed by atoms with van der Waals surface area (Å²) in [5.41, 5.74) is 4.97. The number of piperidine rings is 1. The van der Waals surface area contributed by atoms with E-state index in [0.717, 1.165) is 58.1 Å². The van der Waals surface area contributed by atoms with Crippen molar-refractivity contribution in [2.45, 2.75) is 58.3 Å². The van der Waals surface area contributed by atoms with E-state index in [1.54, 1.807) is 17.0 Å². The molecule has 10 rings (SSSR count). The number of benzene rings is 4. The van der Waals surface area contributed by atoms with E-state index in [0.29, 0.717) is 127 Å². The van der Waals surface area contributed by atoms with E-state index in [2.05, 4.69) is 60.6 Å². The van der Waals surface area contributed by atoms with Gasteiger partial charge in [-0.3, -0.25) is 28.8 Å². The van der Waals surface area contributed by atoms with Crippen LogP contribution in [-0.4, -0.2) is 170 Å². The minimum atomic E-state index is -4.66. The lowest BCUT2D eigenvalue weighted by Gasteiger charge is -2.38. The summed E-state index contributed by atoms with van der Waals surface area (Å²) in [6.07, 6.45) is -1.16. The van der Waals surface area contributed by atoms with Crippen LogP contribution >= 0.6 is 11.6 Å². The lowest BCUT2D eigenvalue weighted by Crippen LogP contribution is -2.52. The van der Waals surface area contributed by atoms with Gasteiger partial charge in [-0.05, 0) is 91.2 Å². The van der Waals surface area contributed by atoms with Gasteiger partial charge in [-0.15, -0.1) is 10.2 Å². The van der Waals surface area contributed by atoms with Crippen molar-refractivity contribution in [3.8, 4) is 34.6 Å². The van der Waals surface area contributed by atoms with Gasteiger partial charge in [-0.2, -0.15) is 23.1 Å². The number of fused-ring (bicyclic) bond motifs is 2. The van der Waals surface area contributed by atoms with Gasteiger partial charge in [0.05, 0.1) is 22.8 Å². The Kier molecular flexibility index (Phi) is 16.3. The normalized spacial score (nSPS) is 16.8. The predicted octanol–water partition coefficient (Wildman–Crippen LogP) is 7.19. The maximum absolute atomic E-state index is 13.9. The number of aromatic nitrogens is 5. The number of hydrogen-bond donors (Lipinski definition) is 3. The van der Waals surface area contributed by atoms with E-state index in [1.165, 1.54) is 16.7 Å². The van der Waals surface area contributed by atoms with Crippen molar-refractivity contribution in [3.05, 3.63) is 119 Å². The third-order valence-corrected chi connectivity index (χ3v) is 15.8. The number of likely N-dealkylation sites (tertiary alicyclic amines) is 1. The van der Waals surface area contributed by atoms with Crippen LogP contribution < -0.4 is 19.9 Å². The number of alkyl halides is 3. The fourth-order valence-electron chi connectivity index (χ4n) is 11.1. The molecule has 0 atom stereocenters. The van der Waals surface area contributed by atoms with Crippen molar-refractivity contribution in [3.63, 3.8) is 0 Å². The van der Waals surface area contributed by atoms with Gasteiger partial charge >= 0.3 is 12.2 Å². The molecule has 6 aromatic rings. The van der Waals surface area contributed by atoms with Gasteiger partial charge in [-0.1, -0.05) is 68.4 Å². The summed E-state index contributed by atoms with van der Waals surface area (Å²) in [4.78, 5) is 62.4. The molecular weight excluding hydrogens is 1040 g/mol. The second kappa shape index (κ2) is 23.5. The predicted molar refractivity (Wildman–Crippen MR) is 294 cm³/mol. The number of carbonyl (C=O) groups is 3. The van der Waals surface area contributed by atoms with Gasteiger partial charge < -0.3 is 39.9 Å². The molecule has 0 radical (unpaired) electrons. The molecule has 3 saturated heterocycles. The first kappa shape index (κ1) is 54.8. The number of ether oxygens (including phenoxy) is 1. The van der Waals surface area contributed by atoms with Crippen molar-refractivity contribution in [2.24, 2.45) is 5.92 Å². The van der Waals surface area contributed by atoms with Crippen LogP contribution in [0.15, 0.2) is 85.5 Å². The lowest BCUT2D eigenvalue weighted by atomic mass is 9.94. The number of phenols is 2. The molecular formula is C57H64ClF3N12O6. The number of amides is 3. The zero-order valence-electron chi connectivity index (χ0n) is 44.3. The molecule has 22 heteroatoms. The molecule has 3 fully saturated rings. The Labute approximate surface area is 461 Å². The third kappa shape index (κ3) is 12.2. The van der Waals surface area contributed by atoms with Crippen LogP contribution in [0.3, 0.4) is 0 Å². The fraction of sp³-hybridized carbons (Fsp3) is 0.421. The third-order valence-electron chi connectivity index (χ3n) is 15.4. The smallest absolute Gasteiger partial charge is 0.405 e. The summed E-state index contributed by atoms with van der Waals surface area (Å²) in [5, 5.41) is 34.1. The van der Waals surface area contributed by atoms with Crippen LogP contribution in [0.2, 0.25) is 5.02 Å². The zero-order valence-corrected chi connectivity index (χ0v) is 45.0. The molecule has 2 aromatic heterocycles. The van der Waals surface area contributed by atoms with Gasteiger partial charge in [0.15, 0.2) is 5.82 Å². The first-order chi connectivity index (χ1) is 38.0. The lowest BCUT2D eigenvalue weighted by molar-refractivity contribution is -0.139. The highest BCUT2D eigenvalue weighted by molar-refractivity contribution is 6.36. The topological polar surface area (TPSA) is 189 Å². The van der Waals surface area contributed by atoms with Crippen LogP contribution in [0.5, 0.6) is 17.5 Å². The number of piperazine rings is 2. The van der Waals surface area contributed by atoms with Crippen molar-refractivity contribution in [1.82, 2.24) is 49.6 Å². The number of aromatic hydroxyl groups is 2. The molecule has 0 spiro atoms. The van der Waals surface area contributed by atoms with E-state index in [1.807, 2.05) is 48.3 Å². The molecule has 79 heavy (non-hydrogen) atoms. The van der Waals surface area contributed by atoms with Crippen LogP contribution in [0, 0.1) is 5.92 Å². The largest absolute Gasteiger partial charge is 0.508 e. The number of halogens is 4. The quantitative estimate of drug-likeness (QED) is 0.0877. The first-order valence-electron chi connectivity index (χ1n) is 26.8. The molecule has 0 aliphatic carbocycles. The molecule has 4 aliphatic heterocycles. The molecule has 3 N–H and O–H groups in total. The Hall–Kier alpha value is -7.49. The number of nitrogens with one attached hydrogen (secondary N) is 1. The maximum atomic E-state index is 13.9. The number of carbonyl (C=O) groups excluding carboxylic acids is 3. The minimum Gasteiger partial charge on any atom is -0.508 e. The van der Waals surface area contributed by atoms with Gasteiger partial charge in [0.2, 0.25) is 17.6 Å². The number of nitrogens with zero attached hydrogens (tertiary/aromatic N) is 11. The molecule has 0 unspecified atom stereocenters. The van der Waals surface area contributed by atoms with Crippen LogP contribution in [0.4, 0.5) is 24.7 Å². The van der Waals surface area contributed by atoms with Gasteiger partial charge in [-0.25, -0.2) is 0 Å². The van der Waals surface area contributed by atoms with Crippen molar-refractivity contribution in [2.75, 3.05) is 101 Å². The molecule has 6 heterocycles. The molecule has 18 nitrogen and oxygen atoms in total. The van der Waals surface area contributed by atoms with Crippen LogP contribution in [0.25, 0.3) is 27.8 Å². The van der Waals surface area contributed by atoms with Gasteiger partial charge in [0.25, 0.3) is 5.91 Å². The molecule has 0 saturated carbocycles. The number of phenolic OH excluding ortho intramolecular Hbond substituents is 2. The number of anilines is 2. The van der Waals surface area contributed by atoms with Crippen LogP contribution in [0.1, 0.15) is 65.6 Å². The SMILES string of the molecule is C=CC(=O)N1CCN(c2nc(OCCN3CCN(C(=O)C4CCN(Cc5ccc(-n6c(C(=O)NCC(F)(F)F)nnc6-c6cc(C(C)C)c(O)cc6O)cc5)CC4)CC3)nc3c2CCN(c2cccc4cccc(Cl)c24)C3)CC1. The average Bonchev–Trinajstić information content (AvgIpc) is 3.94. The maximum Gasteiger partial charge on any atom is 0.405 e. The van der Waals surface area contributed by atoms with Crippen molar-refractivity contribution >= 4 is 51.6 Å². The standard InChI is InChI=1S/C57H64ClF3N12O6/c1-4-49(76)69-25-27-70(28-26-69)51-41-17-20-72(46-10-6-8-38-7-5-9-44(58)50(38)46)34-45(41)63-56(64-51)79-30-29-67-21-23-71(24-22-67)55(78)39-15-18-68(19-16-39)33-37-11-13-40(14-12-37)73-52(43-31-42(36(2)3)47(74)32-48(43)75)65-66-53(73)54(77)62-35-57(59,60)61/h4-14,31-32,36,39,74-75H,1,15-30,33-35H2,2-3H3,(H,62,77). The summed E-state index contributed by atoms with van der Waals surface area (Å²) in [5.74, 6) is -1.32. The average molecular weight is 1110 g/mol. The Bertz CT molecular complexity index is 3220. The highest BCUT2D eigenvalue weighted by Gasteiger charge is 2.34. The fourth-order valence-corrected chi connectivity index (χ4v) is 11.4. The molecule has 416 valence electrons. The summed E-state index contributed by atoms with van der Waals surface area (Å²) < 4.78 is 47.0. The molecule has 4 aliphatic rings. The summed E-state index contributed by atoms with van der Waals surface area (Å²) in [6, 6.07) is 22.3. The Morgan fingerprint density at radius 1 is 0.835 bits per heavy atom. The molecule has 0 bridgehead atoms. The second-order valence-corrected chi connectivity index (χ2v) is 21.3. The molecule has 3 amide bonds. The minimum absolute atomic E-state index is 0.00129. The highest BCUT2D eigenvalue weighted by Crippen LogP contribution is 2.40. The number of rotatable bonds is 15. The Morgan fingerprint density at radius 2 is 1.54 bits per heavy atom.